The van der Waals surface area contributed by atoms with Crippen LogP contribution >= 0.6 is 0 Å². The molecule has 1 aliphatic heterocycles. The molecule has 1 aliphatic rings. The lowest BCUT2D eigenvalue weighted by molar-refractivity contribution is -0.135. The standard InChI is InChI=1S/C28H30N4O6/c1-4-17(5-2)23-22(24(34)18-6-8-20(9-7-18)27(36)29-14-15-33)25(35)28(37)32(23)21-12-10-19(11-13-21)26-30-16(3)38-31-26/h6-13,17,22-23,33H,4-5,14-15H2,1-3H3,(H,29,36). The largest absolute Gasteiger partial charge is 0.395 e. The van der Waals surface area contributed by atoms with Gasteiger partial charge in [0.05, 0.1) is 12.6 Å². The highest BCUT2D eigenvalue weighted by Crippen LogP contribution is 2.38. The highest BCUT2D eigenvalue weighted by molar-refractivity contribution is 6.49. The third-order valence-electron chi connectivity index (χ3n) is 6.93. The van der Waals surface area contributed by atoms with E-state index in [4.69, 9.17) is 9.63 Å². The van der Waals surface area contributed by atoms with Gasteiger partial charge in [-0.1, -0.05) is 44.0 Å². The Morgan fingerprint density at radius 3 is 2.21 bits per heavy atom. The van der Waals surface area contributed by atoms with Crippen molar-refractivity contribution < 1.29 is 28.8 Å². The predicted molar refractivity (Wildman–Crippen MR) is 139 cm³/mol. The second kappa shape index (κ2) is 11.5. The second-order valence-corrected chi connectivity index (χ2v) is 9.19. The molecule has 4 rings (SSSR count). The van der Waals surface area contributed by atoms with Gasteiger partial charge in [-0.05, 0) is 42.3 Å². The number of aryl methyl sites for hydroxylation is 1. The number of amides is 2. The van der Waals surface area contributed by atoms with Crippen LogP contribution in [0.25, 0.3) is 11.4 Å². The maximum Gasteiger partial charge on any atom is 0.295 e. The summed E-state index contributed by atoms with van der Waals surface area (Å²) in [6, 6.07) is 12.2. The highest BCUT2D eigenvalue weighted by Gasteiger charge is 2.53. The minimum Gasteiger partial charge on any atom is -0.395 e. The molecule has 2 atom stereocenters. The third kappa shape index (κ3) is 5.12. The number of nitrogens with zero attached hydrogens (tertiary/aromatic N) is 3. The fraction of sp³-hybridized carbons (Fsp3) is 0.357. The van der Waals surface area contributed by atoms with Crippen molar-refractivity contribution >= 4 is 29.1 Å². The molecule has 2 unspecified atom stereocenters. The first-order chi connectivity index (χ1) is 18.3. The lowest BCUT2D eigenvalue weighted by Crippen LogP contribution is -2.43. The Morgan fingerprint density at radius 1 is 1.03 bits per heavy atom. The first-order valence-corrected chi connectivity index (χ1v) is 12.6. The first-order valence-electron chi connectivity index (χ1n) is 12.6. The summed E-state index contributed by atoms with van der Waals surface area (Å²) >= 11 is 0. The molecule has 3 aromatic rings. The summed E-state index contributed by atoms with van der Waals surface area (Å²) in [6.07, 6.45) is 1.35. The van der Waals surface area contributed by atoms with Gasteiger partial charge in [0.15, 0.2) is 5.78 Å². The van der Waals surface area contributed by atoms with Crippen molar-refractivity contribution in [3.8, 4) is 11.4 Å². The van der Waals surface area contributed by atoms with E-state index >= 15 is 0 Å². The molecule has 2 amide bonds. The smallest absolute Gasteiger partial charge is 0.295 e. The molecule has 0 radical (unpaired) electrons. The van der Waals surface area contributed by atoms with Crippen LogP contribution in [0.2, 0.25) is 0 Å². The van der Waals surface area contributed by atoms with E-state index < -0.39 is 29.4 Å². The Hall–Kier alpha value is -4.18. The lowest BCUT2D eigenvalue weighted by atomic mass is 9.80. The Kier molecular flexibility index (Phi) is 8.11. The number of anilines is 1. The van der Waals surface area contributed by atoms with Crippen LogP contribution in [0.15, 0.2) is 53.1 Å². The molecule has 2 aromatic carbocycles. The Bertz CT molecular complexity index is 1330. The second-order valence-electron chi connectivity index (χ2n) is 9.19. The zero-order valence-electron chi connectivity index (χ0n) is 21.5. The van der Waals surface area contributed by atoms with Gasteiger partial charge in [-0.3, -0.25) is 19.2 Å². The van der Waals surface area contributed by atoms with Crippen LogP contribution in [0.3, 0.4) is 0 Å². The van der Waals surface area contributed by atoms with Gasteiger partial charge in [-0.2, -0.15) is 4.98 Å². The zero-order valence-corrected chi connectivity index (χ0v) is 21.5. The van der Waals surface area contributed by atoms with Crippen molar-refractivity contribution in [2.75, 3.05) is 18.1 Å². The molecule has 0 bridgehead atoms. The van der Waals surface area contributed by atoms with E-state index in [1.165, 1.54) is 29.2 Å². The average molecular weight is 519 g/mol. The molecule has 0 aliphatic carbocycles. The molecule has 0 spiro atoms. The summed E-state index contributed by atoms with van der Waals surface area (Å²) in [5, 5.41) is 15.4. The quantitative estimate of drug-likeness (QED) is 0.237. The van der Waals surface area contributed by atoms with E-state index in [9.17, 15) is 19.2 Å². The molecular formula is C28H30N4O6. The minimum atomic E-state index is -1.17. The number of benzene rings is 2. The van der Waals surface area contributed by atoms with Crippen molar-refractivity contribution in [2.24, 2.45) is 11.8 Å². The molecule has 1 saturated heterocycles. The van der Waals surface area contributed by atoms with Crippen molar-refractivity contribution in [2.45, 2.75) is 39.7 Å². The van der Waals surface area contributed by atoms with Gasteiger partial charge in [0, 0.05) is 35.8 Å². The molecule has 1 aromatic heterocycles. The summed E-state index contributed by atoms with van der Waals surface area (Å²) in [7, 11) is 0. The van der Waals surface area contributed by atoms with E-state index in [1.54, 1.807) is 31.2 Å². The molecule has 2 heterocycles. The molecule has 198 valence electrons. The molecule has 2 N–H and O–H groups in total. The maximum atomic E-state index is 13.7. The molecule has 38 heavy (non-hydrogen) atoms. The highest BCUT2D eigenvalue weighted by atomic mass is 16.5. The number of aliphatic hydroxyl groups is 1. The van der Waals surface area contributed by atoms with Crippen molar-refractivity contribution in [3.63, 3.8) is 0 Å². The SMILES string of the molecule is CCC(CC)C1C(C(=O)c2ccc(C(=O)NCCO)cc2)C(=O)C(=O)N1c1ccc(-c2noc(C)n2)cc1. The van der Waals surface area contributed by atoms with Crippen LogP contribution in [0, 0.1) is 18.8 Å². The van der Waals surface area contributed by atoms with Crippen LogP contribution in [0.5, 0.6) is 0 Å². The summed E-state index contributed by atoms with van der Waals surface area (Å²) in [5.74, 6) is -2.72. The molecule has 1 fully saturated rings. The van der Waals surface area contributed by atoms with Crippen molar-refractivity contribution in [1.29, 1.82) is 0 Å². The van der Waals surface area contributed by atoms with Crippen LogP contribution in [0.4, 0.5) is 5.69 Å². The number of nitrogens with one attached hydrogen (secondary N) is 1. The van der Waals surface area contributed by atoms with Gasteiger partial charge in [-0.25, -0.2) is 0 Å². The number of hydrogen-bond donors (Lipinski definition) is 2. The summed E-state index contributed by atoms with van der Waals surface area (Å²) in [4.78, 5) is 58.1. The summed E-state index contributed by atoms with van der Waals surface area (Å²) < 4.78 is 5.04. The van der Waals surface area contributed by atoms with Crippen LogP contribution in [-0.2, 0) is 9.59 Å². The van der Waals surface area contributed by atoms with E-state index in [0.29, 0.717) is 41.4 Å². The van der Waals surface area contributed by atoms with E-state index in [0.717, 1.165) is 0 Å². The normalized spacial score (nSPS) is 17.3. The topological polar surface area (TPSA) is 143 Å². The number of hydrogen-bond acceptors (Lipinski definition) is 8. The van der Waals surface area contributed by atoms with Gasteiger partial charge in [0.25, 0.3) is 11.8 Å². The van der Waals surface area contributed by atoms with Crippen LogP contribution in [0.1, 0.15) is 53.3 Å². The fourth-order valence-electron chi connectivity index (χ4n) is 4.93. The monoisotopic (exact) mass is 518 g/mol. The molecule has 10 nitrogen and oxygen atoms in total. The van der Waals surface area contributed by atoms with Crippen molar-refractivity contribution in [1.82, 2.24) is 15.5 Å². The zero-order chi connectivity index (χ0) is 27.4. The first kappa shape index (κ1) is 26.9. The number of ketones is 2. The van der Waals surface area contributed by atoms with Crippen LogP contribution in [-0.4, -0.2) is 57.8 Å². The lowest BCUT2D eigenvalue weighted by Gasteiger charge is -2.32. The predicted octanol–water partition coefficient (Wildman–Crippen LogP) is 2.99. The van der Waals surface area contributed by atoms with Gasteiger partial charge in [0.1, 0.15) is 5.92 Å². The number of carbonyl (C=O) groups excluding carboxylic acids is 4. The average Bonchev–Trinajstić information content (AvgIpc) is 3.48. The number of carbonyl (C=O) groups is 4. The Morgan fingerprint density at radius 2 is 1.66 bits per heavy atom. The van der Waals surface area contributed by atoms with E-state index in [1.807, 2.05) is 13.8 Å². The fourth-order valence-corrected chi connectivity index (χ4v) is 4.93. The van der Waals surface area contributed by atoms with Gasteiger partial charge >= 0.3 is 0 Å². The molecule has 10 heteroatoms. The van der Waals surface area contributed by atoms with Gasteiger partial charge in [0.2, 0.25) is 17.5 Å². The number of aromatic nitrogens is 2. The number of aliphatic hydroxyl groups excluding tert-OH is 1. The van der Waals surface area contributed by atoms with E-state index in [-0.39, 0.29) is 30.5 Å². The maximum absolute atomic E-state index is 13.7. The summed E-state index contributed by atoms with van der Waals surface area (Å²) in [5.41, 5.74) is 1.77. The molecule has 0 saturated carbocycles. The number of rotatable bonds is 10. The van der Waals surface area contributed by atoms with Crippen molar-refractivity contribution in [3.05, 3.63) is 65.5 Å². The number of Topliss-reactive ketones (excluding diaryl/α,β-unsaturated/α-hetero) is 2. The Labute approximate surface area is 220 Å². The van der Waals surface area contributed by atoms with Gasteiger partial charge in [-0.15, -0.1) is 0 Å². The molecular weight excluding hydrogens is 488 g/mol. The third-order valence-corrected chi connectivity index (χ3v) is 6.93. The van der Waals surface area contributed by atoms with Crippen LogP contribution < -0.4 is 10.2 Å². The Balaban J connectivity index is 1.65. The summed E-state index contributed by atoms with van der Waals surface area (Å²) in [6.45, 7) is 5.57. The van der Waals surface area contributed by atoms with Gasteiger partial charge < -0.3 is 19.8 Å². The van der Waals surface area contributed by atoms with E-state index in [2.05, 4.69) is 15.5 Å². The minimum absolute atomic E-state index is 0.0950.